The van der Waals surface area contributed by atoms with E-state index in [1.165, 1.54) is 48.3 Å². The first-order chi connectivity index (χ1) is 25.5. The number of benzene rings is 1. The molecule has 286 valence electrons. The van der Waals surface area contributed by atoms with Crippen LogP contribution in [-0.4, -0.2) is 113 Å². The fourth-order valence-corrected chi connectivity index (χ4v) is 6.56. The summed E-state index contributed by atoms with van der Waals surface area (Å²) in [4.78, 5) is 69.2. The number of alkyl halides is 3. The van der Waals surface area contributed by atoms with Gasteiger partial charge in [-0.15, -0.1) is 0 Å². The molecule has 2 fully saturated rings. The van der Waals surface area contributed by atoms with E-state index in [9.17, 15) is 32.3 Å². The molecule has 0 spiro atoms. The van der Waals surface area contributed by atoms with Gasteiger partial charge in [-0.2, -0.15) is 18.3 Å². The van der Waals surface area contributed by atoms with Crippen LogP contribution in [0.5, 0.6) is 0 Å². The van der Waals surface area contributed by atoms with Gasteiger partial charge in [-0.05, 0) is 57.9 Å². The molecule has 1 N–H and O–H groups in total. The maximum atomic E-state index is 14.0. The van der Waals surface area contributed by atoms with Crippen molar-refractivity contribution in [2.24, 2.45) is 13.0 Å². The van der Waals surface area contributed by atoms with Crippen LogP contribution in [0.2, 0.25) is 5.02 Å². The van der Waals surface area contributed by atoms with Crippen LogP contribution in [0.4, 0.5) is 23.7 Å². The van der Waals surface area contributed by atoms with Crippen LogP contribution < -0.4 is 5.32 Å². The Bertz CT molecular complexity index is 2050. The highest BCUT2D eigenvalue weighted by molar-refractivity contribution is 6.34. The number of nitrogens with zero attached hydrogens (tertiary/aromatic N) is 9. The lowest BCUT2D eigenvalue weighted by molar-refractivity contribution is -0.141. The summed E-state index contributed by atoms with van der Waals surface area (Å²) in [6.07, 6.45) is 0.839. The van der Waals surface area contributed by atoms with Gasteiger partial charge >= 0.3 is 12.3 Å². The van der Waals surface area contributed by atoms with Crippen LogP contribution in [0.25, 0.3) is 17.2 Å². The Hall–Kier alpha value is -5.52. The largest absolute Gasteiger partial charge is 0.444 e. The summed E-state index contributed by atoms with van der Waals surface area (Å²) in [5.74, 6) is -1.56. The summed E-state index contributed by atoms with van der Waals surface area (Å²) in [6.45, 7) is 7.57. The van der Waals surface area contributed by atoms with Crippen molar-refractivity contribution in [1.29, 1.82) is 0 Å². The summed E-state index contributed by atoms with van der Waals surface area (Å²) in [5.41, 5.74) is -1.74. The van der Waals surface area contributed by atoms with Crippen molar-refractivity contribution >= 4 is 41.1 Å². The van der Waals surface area contributed by atoms with Gasteiger partial charge in [0.1, 0.15) is 5.60 Å². The second kappa shape index (κ2) is 15.1. The molecule has 4 aromatic rings. The number of likely N-dealkylation sites (tertiary alicyclic amines) is 1. The van der Waals surface area contributed by atoms with Gasteiger partial charge in [-0.3, -0.25) is 14.4 Å². The molecule has 19 heteroatoms. The molecule has 2 aliphatic heterocycles. The molecule has 5 heterocycles. The smallest absolute Gasteiger partial charge is 0.435 e. The Morgan fingerprint density at radius 2 is 1.56 bits per heavy atom. The monoisotopic (exact) mass is 770 g/mol. The standard InChI is InChI=1S/C35H38ClF3N10O5/c1-34(2,3)54-33(53)48-12-8-21(9-13-48)30(51)46-14-16-47(17-15-46)31(52)23-7-6-22(18-25(23)36)43-29(50)28-42-19-26(45(28)4)24-20-49(32-40-10-5-11-41-32)44-27(24)35(37,38)39/h5-7,10-11,18-21H,8-9,12-17H2,1-4H3,(H,43,50). The second-order valence-electron chi connectivity index (χ2n) is 13.9. The number of rotatable bonds is 6. The normalized spacial score (nSPS) is 15.7. The lowest BCUT2D eigenvalue weighted by atomic mass is 9.95. The zero-order valence-corrected chi connectivity index (χ0v) is 30.7. The fraction of sp³-hybridized carbons (Fsp3) is 0.429. The van der Waals surface area contributed by atoms with Gasteiger partial charge in [0.15, 0.2) is 11.5 Å². The van der Waals surface area contributed by atoms with Gasteiger partial charge in [-0.1, -0.05) is 11.6 Å². The number of nitrogens with one attached hydrogen (secondary N) is 1. The van der Waals surface area contributed by atoms with E-state index in [1.54, 1.807) is 35.5 Å². The Morgan fingerprint density at radius 1 is 0.907 bits per heavy atom. The Morgan fingerprint density at radius 3 is 2.17 bits per heavy atom. The predicted octanol–water partition coefficient (Wildman–Crippen LogP) is 4.92. The van der Waals surface area contributed by atoms with Crippen molar-refractivity contribution in [2.45, 2.75) is 45.4 Å². The third-order valence-corrected chi connectivity index (χ3v) is 9.35. The number of carbonyl (C=O) groups is 4. The number of hydrogen-bond acceptors (Lipinski definition) is 9. The summed E-state index contributed by atoms with van der Waals surface area (Å²) >= 11 is 6.50. The molecular formula is C35H38ClF3N10O5. The first kappa shape index (κ1) is 38.2. The van der Waals surface area contributed by atoms with E-state index in [0.29, 0.717) is 52.1 Å². The van der Waals surface area contributed by atoms with Crippen LogP contribution in [0.1, 0.15) is 60.3 Å². The molecule has 0 radical (unpaired) electrons. The van der Waals surface area contributed by atoms with Crippen molar-refractivity contribution in [3.63, 3.8) is 0 Å². The number of piperazine rings is 1. The van der Waals surface area contributed by atoms with Crippen LogP contribution in [0.3, 0.4) is 0 Å². The Kier molecular flexibility index (Phi) is 10.7. The van der Waals surface area contributed by atoms with E-state index in [4.69, 9.17) is 16.3 Å². The molecule has 2 saturated heterocycles. The first-order valence-electron chi connectivity index (χ1n) is 17.1. The molecule has 0 atom stereocenters. The van der Waals surface area contributed by atoms with Gasteiger partial charge < -0.3 is 29.3 Å². The number of piperidine rings is 1. The third kappa shape index (κ3) is 8.32. The molecule has 3 aromatic heterocycles. The van der Waals surface area contributed by atoms with Gasteiger partial charge in [0.2, 0.25) is 11.9 Å². The molecule has 6 rings (SSSR count). The number of amides is 4. The highest BCUT2D eigenvalue weighted by Crippen LogP contribution is 2.37. The van der Waals surface area contributed by atoms with E-state index < -0.39 is 23.4 Å². The van der Waals surface area contributed by atoms with Crippen LogP contribution in [0.15, 0.2) is 49.1 Å². The van der Waals surface area contributed by atoms with Crippen molar-refractivity contribution < 1.29 is 37.1 Å². The third-order valence-electron chi connectivity index (χ3n) is 9.04. The van der Waals surface area contributed by atoms with Crippen LogP contribution >= 0.6 is 11.6 Å². The molecule has 54 heavy (non-hydrogen) atoms. The van der Waals surface area contributed by atoms with E-state index in [-0.39, 0.29) is 63.1 Å². The molecule has 0 saturated carbocycles. The lowest BCUT2D eigenvalue weighted by Gasteiger charge is -2.38. The average Bonchev–Trinajstić information content (AvgIpc) is 3.75. The lowest BCUT2D eigenvalue weighted by Crippen LogP contribution is -2.53. The fourth-order valence-electron chi connectivity index (χ4n) is 6.30. The molecule has 1 aromatic carbocycles. The minimum Gasteiger partial charge on any atom is -0.444 e. The summed E-state index contributed by atoms with van der Waals surface area (Å²) in [5, 5.41) is 6.35. The van der Waals surface area contributed by atoms with E-state index in [2.05, 4.69) is 25.4 Å². The zero-order chi connectivity index (χ0) is 38.9. The van der Waals surface area contributed by atoms with Crippen LogP contribution in [-0.2, 0) is 22.8 Å². The zero-order valence-electron chi connectivity index (χ0n) is 29.9. The predicted molar refractivity (Wildman–Crippen MR) is 189 cm³/mol. The maximum Gasteiger partial charge on any atom is 0.435 e. The minimum atomic E-state index is -4.83. The number of ether oxygens (including phenoxy) is 1. The van der Waals surface area contributed by atoms with Crippen molar-refractivity contribution in [3.05, 3.63) is 71.2 Å². The first-order valence-corrected chi connectivity index (χ1v) is 17.5. The Balaban J connectivity index is 1.05. The number of halogens is 4. The molecule has 0 aliphatic carbocycles. The highest BCUT2D eigenvalue weighted by Gasteiger charge is 2.39. The van der Waals surface area contributed by atoms with Gasteiger partial charge in [-0.25, -0.2) is 24.4 Å². The molecule has 15 nitrogen and oxygen atoms in total. The summed E-state index contributed by atoms with van der Waals surface area (Å²) in [6, 6.07) is 5.86. The van der Waals surface area contributed by atoms with E-state index >= 15 is 0 Å². The summed E-state index contributed by atoms with van der Waals surface area (Å²) in [7, 11) is 1.39. The quantitative estimate of drug-likeness (QED) is 0.287. The molecule has 0 unspecified atom stereocenters. The van der Waals surface area contributed by atoms with Crippen LogP contribution in [0, 0.1) is 5.92 Å². The van der Waals surface area contributed by atoms with Gasteiger partial charge in [0.05, 0.1) is 28.0 Å². The van der Waals surface area contributed by atoms with Crippen molar-refractivity contribution in [1.82, 2.24) is 44.0 Å². The van der Waals surface area contributed by atoms with Gasteiger partial charge in [0, 0.05) is 76.5 Å². The molecule has 0 bridgehead atoms. The van der Waals surface area contributed by atoms with Crippen molar-refractivity contribution in [2.75, 3.05) is 44.6 Å². The van der Waals surface area contributed by atoms with Crippen molar-refractivity contribution in [3.8, 4) is 17.2 Å². The number of carbonyl (C=O) groups excluding carboxylic acids is 4. The van der Waals surface area contributed by atoms with Gasteiger partial charge in [0.25, 0.3) is 11.8 Å². The number of imidazole rings is 1. The molecule has 4 amide bonds. The topological polar surface area (TPSA) is 161 Å². The Labute approximate surface area is 313 Å². The van der Waals surface area contributed by atoms with E-state index in [1.807, 2.05) is 0 Å². The number of aromatic nitrogens is 6. The maximum absolute atomic E-state index is 14.0. The average molecular weight is 771 g/mol. The second-order valence-corrected chi connectivity index (χ2v) is 14.3. The molecular weight excluding hydrogens is 733 g/mol. The van der Waals surface area contributed by atoms with E-state index in [0.717, 1.165) is 17.1 Å². The summed E-state index contributed by atoms with van der Waals surface area (Å²) < 4.78 is 49.5. The molecule has 2 aliphatic rings. The number of hydrogen-bond donors (Lipinski definition) is 1. The highest BCUT2D eigenvalue weighted by atomic mass is 35.5. The number of anilines is 1. The SMILES string of the molecule is Cn1c(-c2cn(-c3ncccn3)nc2C(F)(F)F)cnc1C(=O)Nc1ccc(C(=O)N2CCN(C(=O)C3CCN(C(=O)OC(C)(C)C)CC3)CC2)c(Cl)c1. The minimum absolute atomic E-state index is 0.00143.